The molecule has 2 rings (SSSR count). The van der Waals surface area contributed by atoms with E-state index in [9.17, 15) is 0 Å². The largest absolute Gasteiger partial charge is 0.496 e. The number of nitrogens with zero attached hydrogens (tertiary/aromatic N) is 2. The van der Waals surface area contributed by atoms with E-state index in [1.54, 1.807) is 13.2 Å². The molecule has 1 heterocycles. The second kappa shape index (κ2) is 5.98. The van der Waals surface area contributed by atoms with Crippen molar-refractivity contribution in [3.05, 3.63) is 39.6 Å². The summed E-state index contributed by atoms with van der Waals surface area (Å²) < 4.78 is 5.33. The smallest absolute Gasteiger partial charge is 0.166 e. The first-order chi connectivity index (χ1) is 9.45. The Morgan fingerprint density at radius 1 is 1.15 bits per heavy atom. The molecule has 0 saturated heterocycles. The topological polar surface area (TPSA) is 35.0 Å². The number of halogens is 2. The molecule has 5 heteroatoms. The zero-order chi connectivity index (χ0) is 14.9. The average Bonchev–Trinajstić information content (AvgIpc) is 2.36. The molecule has 0 atom stereocenters. The lowest BCUT2D eigenvalue weighted by Crippen LogP contribution is -2.03. The fraction of sp³-hybridized carbons (Fsp3) is 0.333. The third kappa shape index (κ3) is 2.74. The molecule has 0 saturated carbocycles. The van der Waals surface area contributed by atoms with Gasteiger partial charge >= 0.3 is 0 Å². The lowest BCUT2D eigenvalue weighted by Gasteiger charge is -2.14. The van der Waals surface area contributed by atoms with E-state index in [2.05, 4.69) is 23.8 Å². The van der Waals surface area contributed by atoms with Gasteiger partial charge in [0.2, 0.25) is 0 Å². The van der Waals surface area contributed by atoms with E-state index in [4.69, 9.17) is 27.9 Å². The maximum absolute atomic E-state index is 6.29. The van der Waals surface area contributed by atoms with Crippen molar-refractivity contribution in [3.63, 3.8) is 0 Å². The highest BCUT2D eigenvalue weighted by Gasteiger charge is 2.18. The molecule has 2 aromatic rings. The van der Waals surface area contributed by atoms with Crippen molar-refractivity contribution in [1.82, 2.24) is 9.97 Å². The van der Waals surface area contributed by atoms with Crippen LogP contribution < -0.4 is 4.74 Å². The lowest BCUT2D eigenvalue weighted by molar-refractivity contribution is 0.416. The molecule has 0 aliphatic heterocycles. The number of rotatable bonds is 3. The monoisotopic (exact) mass is 310 g/mol. The molecular formula is C15H16Cl2N2O. The first-order valence-electron chi connectivity index (χ1n) is 6.32. The molecular weight excluding hydrogens is 295 g/mol. The molecule has 0 fully saturated rings. The Morgan fingerprint density at radius 3 is 2.40 bits per heavy atom. The van der Waals surface area contributed by atoms with Crippen LogP contribution in [-0.2, 0) is 0 Å². The highest BCUT2D eigenvalue weighted by molar-refractivity contribution is 6.33. The number of aryl methyl sites for hydroxylation is 1. The summed E-state index contributed by atoms with van der Waals surface area (Å²) >= 11 is 12.5. The summed E-state index contributed by atoms with van der Waals surface area (Å²) in [6, 6.07) is 5.42. The Morgan fingerprint density at radius 2 is 1.85 bits per heavy atom. The summed E-state index contributed by atoms with van der Waals surface area (Å²) in [5.41, 5.74) is 2.48. The van der Waals surface area contributed by atoms with Gasteiger partial charge in [0.15, 0.2) is 5.82 Å². The number of hydrogen-bond acceptors (Lipinski definition) is 3. The zero-order valence-corrected chi connectivity index (χ0v) is 13.4. The second-order valence-corrected chi connectivity index (χ2v) is 5.57. The molecule has 0 radical (unpaired) electrons. The van der Waals surface area contributed by atoms with Gasteiger partial charge in [0.25, 0.3) is 0 Å². The number of hydrogen-bond donors (Lipinski definition) is 0. The summed E-state index contributed by atoms with van der Waals surface area (Å²) in [4.78, 5) is 8.92. The number of aromatic nitrogens is 2. The van der Waals surface area contributed by atoms with Crippen LogP contribution in [0.1, 0.15) is 31.0 Å². The van der Waals surface area contributed by atoms with Gasteiger partial charge in [-0.1, -0.05) is 43.1 Å². The summed E-state index contributed by atoms with van der Waals surface area (Å²) in [7, 11) is 1.59. The normalized spacial score (nSPS) is 10.9. The van der Waals surface area contributed by atoms with E-state index in [0.29, 0.717) is 27.3 Å². The third-order valence-corrected chi connectivity index (χ3v) is 3.69. The van der Waals surface area contributed by atoms with Gasteiger partial charge in [0, 0.05) is 11.3 Å². The Bertz CT molecular complexity index is 619. The summed E-state index contributed by atoms with van der Waals surface area (Å²) in [6.45, 7) is 6.05. The standard InChI is InChI=1S/C15H16Cl2N2O/c1-8(2)12-9(3)18-15(19-14(12)17)13-10(16)6-5-7-11(13)20-4/h5-8H,1-4H3. The van der Waals surface area contributed by atoms with Crippen LogP contribution in [0.15, 0.2) is 18.2 Å². The third-order valence-electron chi connectivity index (χ3n) is 3.09. The molecule has 0 unspecified atom stereocenters. The van der Waals surface area contributed by atoms with Gasteiger partial charge in [-0.05, 0) is 25.0 Å². The van der Waals surface area contributed by atoms with Gasteiger partial charge in [0.05, 0.1) is 17.7 Å². The summed E-state index contributed by atoms with van der Waals surface area (Å²) in [6.07, 6.45) is 0. The van der Waals surface area contributed by atoms with Crippen molar-refractivity contribution >= 4 is 23.2 Å². The van der Waals surface area contributed by atoms with E-state index in [0.717, 1.165) is 11.3 Å². The first kappa shape index (κ1) is 15.1. The van der Waals surface area contributed by atoms with Crippen LogP contribution in [0.4, 0.5) is 0 Å². The van der Waals surface area contributed by atoms with Crippen LogP contribution in [0.5, 0.6) is 5.75 Å². The molecule has 1 aromatic heterocycles. The Balaban J connectivity index is 2.66. The SMILES string of the molecule is COc1cccc(Cl)c1-c1nc(C)c(C(C)C)c(Cl)n1. The zero-order valence-electron chi connectivity index (χ0n) is 11.9. The fourth-order valence-corrected chi connectivity index (χ4v) is 2.89. The molecule has 106 valence electrons. The van der Waals surface area contributed by atoms with E-state index < -0.39 is 0 Å². The average molecular weight is 311 g/mol. The summed E-state index contributed by atoms with van der Waals surface area (Å²) in [5.74, 6) is 1.38. The molecule has 1 aromatic carbocycles. The minimum absolute atomic E-state index is 0.268. The molecule has 0 N–H and O–H groups in total. The van der Waals surface area contributed by atoms with Crippen LogP contribution in [0.25, 0.3) is 11.4 Å². The summed E-state index contributed by atoms with van der Waals surface area (Å²) in [5, 5.41) is 1.00. The maximum atomic E-state index is 6.29. The van der Waals surface area contributed by atoms with Crippen molar-refractivity contribution in [2.45, 2.75) is 26.7 Å². The van der Waals surface area contributed by atoms with Gasteiger partial charge in [-0.15, -0.1) is 0 Å². The Labute approximate surface area is 128 Å². The Hall–Kier alpha value is -1.32. The predicted molar refractivity (Wildman–Crippen MR) is 82.9 cm³/mol. The maximum Gasteiger partial charge on any atom is 0.166 e. The van der Waals surface area contributed by atoms with Gasteiger partial charge in [0.1, 0.15) is 10.9 Å². The quantitative estimate of drug-likeness (QED) is 0.757. The van der Waals surface area contributed by atoms with Crippen molar-refractivity contribution in [2.75, 3.05) is 7.11 Å². The van der Waals surface area contributed by atoms with Crippen LogP contribution in [-0.4, -0.2) is 17.1 Å². The number of ether oxygens (including phenoxy) is 1. The molecule has 20 heavy (non-hydrogen) atoms. The highest BCUT2D eigenvalue weighted by Crippen LogP contribution is 2.36. The number of methoxy groups -OCH3 is 1. The molecule has 0 aliphatic rings. The Kier molecular flexibility index (Phi) is 4.51. The fourth-order valence-electron chi connectivity index (χ4n) is 2.21. The number of benzene rings is 1. The van der Waals surface area contributed by atoms with Crippen LogP contribution in [0.3, 0.4) is 0 Å². The molecule has 0 spiro atoms. The van der Waals surface area contributed by atoms with Gasteiger partial charge < -0.3 is 4.74 Å². The molecule has 3 nitrogen and oxygen atoms in total. The van der Waals surface area contributed by atoms with E-state index in [-0.39, 0.29) is 5.92 Å². The van der Waals surface area contributed by atoms with Gasteiger partial charge in [-0.2, -0.15) is 0 Å². The van der Waals surface area contributed by atoms with E-state index >= 15 is 0 Å². The molecule has 0 aliphatic carbocycles. The first-order valence-corrected chi connectivity index (χ1v) is 7.08. The predicted octanol–water partition coefficient (Wildman–Crippen LogP) is 4.89. The van der Waals surface area contributed by atoms with E-state index in [1.807, 2.05) is 19.1 Å². The van der Waals surface area contributed by atoms with Crippen LogP contribution in [0, 0.1) is 6.92 Å². The van der Waals surface area contributed by atoms with Crippen molar-refractivity contribution in [2.24, 2.45) is 0 Å². The minimum atomic E-state index is 0.268. The van der Waals surface area contributed by atoms with E-state index in [1.165, 1.54) is 0 Å². The van der Waals surface area contributed by atoms with Gasteiger partial charge in [-0.25, -0.2) is 9.97 Å². The molecule has 0 bridgehead atoms. The van der Waals surface area contributed by atoms with Crippen molar-refractivity contribution in [1.29, 1.82) is 0 Å². The van der Waals surface area contributed by atoms with Crippen LogP contribution >= 0.6 is 23.2 Å². The lowest BCUT2D eigenvalue weighted by atomic mass is 10.0. The minimum Gasteiger partial charge on any atom is -0.496 e. The van der Waals surface area contributed by atoms with Crippen LogP contribution in [0.2, 0.25) is 10.2 Å². The van der Waals surface area contributed by atoms with Crippen molar-refractivity contribution < 1.29 is 4.74 Å². The second-order valence-electron chi connectivity index (χ2n) is 4.81. The highest BCUT2D eigenvalue weighted by atomic mass is 35.5. The molecule has 0 amide bonds. The van der Waals surface area contributed by atoms with Gasteiger partial charge in [-0.3, -0.25) is 0 Å². The van der Waals surface area contributed by atoms with Crippen molar-refractivity contribution in [3.8, 4) is 17.1 Å².